The Hall–Kier alpha value is -0.0800. The number of Topliss-reactive ketones (excluding diaryl/α,β-unsaturated/α-hetero) is 1. The molecule has 0 aromatic carbocycles. The van der Waals surface area contributed by atoms with Gasteiger partial charge in [-0.05, 0) is 84.0 Å². The van der Waals surface area contributed by atoms with Crippen LogP contribution in [0, 0.1) is 23.2 Å². The van der Waals surface area contributed by atoms with Crippen LogP contribution in [0.3, 0.4) is 0 Å². The summed E-state index contributed by atoms with van der Waals surface area (Å²) in [4.78, 5) is 13.0. The lowest BCUT2D eigenvalue weighted by atomic mass is 9.48. The molecule has 0 aliphatic heterocycles. The highest BCUT2D eigenvalue weighted by molar-refractivity contribution is 5.90. The standard InChI is InChI=1S/C17H29NO.ClH/c1-11(18-16(2,3)4)15(19)17-8-12-5-13(9-17)7-14(6-12)10-17;/h11-14,18H,5-10H2,1-4H3;1H. The molecule has 4 aliphatic carbocycles. The molecule has 0 amide bonds. The summed E-state index contributed by atoms with van der Waals surface area (Å²) in [5, 5.41) is 3.49. The average Bonchev–Trinajstić information content (AvgIpc) is 2.23. The van der Waals surface area contributed by atoms with Crippen molar-refractivity contribution in [3.05, 3.63) is 0 Å². The molecular formula is C17H30ClNO. The summed E-state index contributed by atoms with van der Waals surface area (Å²) in [6, 6.07) is 0.0104. The Balaban J connectivity index is 0.00000147. The Morgan fingerprint density at radius 2 is 1.45 bits per heavy atom. The Labute approximate surface area is 129 Å². The van der Waals surface area contributed by atoms with Gasteiger partial charge in [-0.2, -0.15) is 0 Å². The number of hydrogen-bond donors (Lipinski definition) is 1. The van der Waals surface area contributed by atoms with Gasteiger partial charge in [-0.25, -0.2) is 0 Å². The zero-order valence-electron chi connectivity index (χ0n) is 13.4. The molecule has 0 spiro atoms. The van der Waals surface area contributed by atoms with Crippen LogP contribution in [-0.4, -0.2) is 17.4 Å². The Morgan fingerprint density at radius 1 is 1.05 bits per heavy atom. The normalized spacial score (nSPS) is 40.3. The van der Waals surface area contributed by atoms with E-state index in [2.05, 4.69) is 33.0 Å². The Morgan fingerprint density at radius 3 is 1.80 bits per heavy atom. The van der Waals surface area contributed by atoms with Crippen LogP contribution >= 0.6 is 12.4 Å². The molecule has 4 aliphatic rings. The summed E-state index contributed by atoms with van der Waals surface area (Å²) >= 11 is 0. The number of ketones is 1. The fourth-order valence-electron chi connectivity index (χ4n) is 5.59. The zero-order chi connectivity index (χ0) is 13.8. The minimum absolute atomic E-state index is 0. The van der Waals surface area contributed by atoms with E-state index in [1.807, 2.05) is 0 Å². The molecule has 1 N–H and O–H groups in total. The second-order valence-electron chi connectivity index (χ2n) is 8.68. The highest BCUT2D eigenvalue weighted by Gasteiger charge is 2.55. The van der Waals surface area contributed by atoms with Crippen LogP contribution in [0.15, 0.2) is 0 Å². The molecule has 0 aromatic heterocycles. The summed E-state index contributed by atoms with van der Waals surface area (Å²) in [5.41, 5.74) is 0.0732. The van der Waals surface area contributed by atoms with Gasteiger partial charge < -0.3 is 5.32 Å². The van der Waals surface area contributed by atoms with E-state index in [1.54, 1.807) is 0 Å². The molecule has 0 heterocycles. The van der Waals surface area contributed by atoms with Gasteiger partial charge in [-0.3, -0.25) is 4.79 Å². The maximum absolute atomic E-state index is 13.0. The fourth-order valence-corrected chi connectivity index (χ4v) is 5.59. The molecule has 20 heavy (non-hydrogen) atoms. The fraction of sp³-hybridized carbons (Fsp3) is 0.941. The van der Waals surface area contributed by atoms with E-state index in [4.69, 9.17) is 0 Å². The number of nitrogens with one attached hydrogen (secondary N) is 1. The predicted octanol–water partition coefficient (Wildman–Crippen LogP) is 3.97. The summed E-state index contributed by atoms with van der Waals surface area (Å²) in [5.74, 6) is 3.09. The summed E-state index contributed by atoms with van der Waals surface area (Å²) in [6.45, 7) is 8.52. The van der Waals surface area contributed by atoms with Crippen molar-refractivity contribution < 1.29 is 4.79 Å². The van der Waals surface area contributed by atoms with E-state index < -0.39 is 0 Å². The molecule has 0 saturated heterocycles. The number of rotatable bonds is 3. The lowest BCUT2D eigenvalue weighted by Crippen LogP contribution is -2.56. The third-order valence-corrected chi connectivity index (χ3v) is 5.60. The van der Waals surface area contributed by atoms with Crippen molar-refractivity contribution in [2.24, 2.45) is 23.2 Å². The summed E-state index contributed by atoms with van der Waals surface area (Å²) < 4.78 is 0. The molecule has 0 radical (unpaired) electrons. The first-order valence-electron chi connectivity index (χ1n) is 8.09. The van der Waals surface area contributed by atoms with Gasteiger partial charge in [0.05, 0.1) is 6.04 Å². The van der Waals surface area contributed by atoms with Crippen molar-refractivity contribution in [2.45, 2.75) is 77.8 Å². The number of halogens is 1. The van der Waals surface area contributed by atoms with Crippen molar-refractivity contribution in [3.63, 3.8) is 0 Å². The minimum Gasteiger partial charge on any atom is -0.303 e. The number of carbonyl (C=O) groups excluding carboxylic acids is 1. The van der Waals surface area contributed by atoms with Crippen LogP contribution in [-0.2, 0) is 4.79 Å². The van der Waals surface area contributed by atoms with Gasteiger partial charge >= 0.3 is 0 Å². The SMILES string of the molecule is CC(NC(C)(C)C)C(=O)C12CC3CC(CC(C3)C1)C2.Cl. The van der Waals surface area contributed by atoms with E-state index in [0.717, 1.165) is 17.8 Å². The molecule has 116 valence electrons. The lowest BCUT2D eigenvalue weighted by Gasteiger charge is -2.56. The van der Waals surface area contributed by atoms with Crippen molar-refractivity contribution in [3.8, 4) is 0 Å². The van der Waals surface area contributed by atoms with E-state index in [9.17, 15) is 4.79 Å². The van der Waals surface area contributed by atoms with E-state index in [0.29, 0.717) is 5.78 Å². The van der Waals surface area contributed by atoms with E-state index >= 15 is 0 Å². The van der Waals surface area contributed by atoms with Crippen LogP contribution in [0.2, 0.25) is 0 Å². The third-order valence-electron chi connectivity index (χ3n) is 5.60. The number of carbonyl (C=O) groups is 1. The molecule has 2 nitrogen and oxygen atoms in total. The molecule has 4 saturated carbocycles. The second-order valence-corrected chi connectivity index (χ2v) is 8.68. The Kier molecular flexibility index (Phi) is 4.30. The minimum atomic E-state index is 0. The lowest BCUT2D eigenvalue weighted by molar-refractivity contribution is -0.146. The second kappa shape index (κ2) is 5.28. The van der Waals surface area contributed by atoms with Gasteiger partial charge in [0.25, 0.3) is 0 Å². The van der Waals surface area contributed by atoms with Gasteiger partial charge in [0.15, 0.2) is 5.78 Å². The van der Waals surface area contributed by atoms with E-state index in [-0.39, 0.29) is 29.4 Å². The van der Waals surface area contributed by atoms with Crippen LogP contribution in [0.4, 0.5) is 0 Å². The monoisotopic (exact) mass is 299 g/mol. The third kappa shape index (κ3) is 2.92. The zero-order valence-corrected chi connectivity index (χ0v) is 14.2. The van der Waals surface area contributed by atoms with E-state index in [1.165, 1.54) is 38.5 Å². The van der Waals surface area contributed by atoms with Crippen LogP contribution in [0.5, 0.6) is 0 Å². The first kappa shape index (κ1) is 16.3. The van der Waals surface area contributed by atoms with Crippen LogP contribution in [0.1, 0.15) is 66.2 Å². The predicted molar refractivity (Wildman–Crippen MR) is 85.2 cm³/mol. The first-order chi connectivity index (χ1) is 8.77. The molecule has 3 heteroatoms. The first-order valence-corrected chi connectivity index (χ1v) is 8.09. The molecule has 4 fully saturated rings. The molecule has 4 rings (SSSR count). The highest BCUT2D eigenvalue weighted by atomic mass is 35.5. The van der Waals surface area contributed by atoms with Crippen LogP contribution < -0.4 is 5.32 Å². The van der Waals surface area contributed by atoms with Crippen molar-refractivity contribution in [1.29, 1.82) is 0 Å². The molecule has 1 atom stereocenters. The summed E-state index contributed by atoms with van der Waals surface area (Å²) in [7, 11) is 0. The smallest absolute Gasteiger partial charge is 0.155 e. The largest absolute Gasteiger partial charge is 0.303 e. The number of hydrogen-bond acceptors (Lipinski definition) is 2. The van der Waals surface area contributed by atoms with Gasteiger partial charge in [-0.15, -0.1) is 12.4 Å². The molecule has 0 aromatic rings. The Bertz CT molecular complexity index is 350. The van der Waals surface area contributed by atoms with Gasteiger partial charge in [0.2, 0.25) is 0 Å². The maximum atomic E-state index is 13.0. The van der Waals surface area contributed by atoms with Crippen LogP contribution in [0.25, 0.3) is 0 Å². The van der Waals surface area contributed by atoms with Gasteiger partial charge in [0.1, 0.15) is 0 Å². The molecule has 4 bridgehead atoms. The molecule has 1 unspecified atom stereocenters. The quantitative estimate of drug-likeness (QED) is 0.854. The van der Waals surface area contributed by atoms with Gasteiger partial charge in [-0.1, -0.05) is 0 Å². The summed E-state index contributed by atoms with van der Waals surface area (Å²) in [6.07, 6.45) is 7.80. The maximum Gasteiger partial charge on any atom is 0.155 e. The average molecular weight is 300 g/mol. The van der Waals surface area contributed by atoms with Crippen molar-refractivity contribution in [1.82, 2.24) is 5.32 Å². The van der Waals surface area contributed by atoms with Crippen molar-refractivity contribution >= 4 is 18.2 Å². The highest BCUT2D eigenvalue weighted by Crippen LogP contribution is 2.60. The topological polar surface area (TPSA) is 29.1 Å². The van der Waals surface area contributed by atoms with Crippen molar-refractivity contribution in [2.75, 3.05) is 0 Å². The molecular weight excluding hydrogens is 270 g/mol. The van der Waals surface area contributed by atoms with Gasteiger partial charge in [0, 0.05) is 11.0 Å².